The molecule has 0 spiro atoms. The zero-order valence-corrected chi connectivity index (χ0v) is 5.13. The van der Waals surface area contributed by atoms with Gasteiger partial charge in [0, 0.05) is 12.8 Å². The van der Waals surface area contributed by atoms with Crippen molar-refractivity contribution in [3.63, 3.8) is 0 Å². The van der Waals surface area contributed by atoms with Gasteiger partial charge in [-0.3, -0.25) is 10.8 Å². The van der Waals surface area contributed by atoms with E-state index in [0.717, 1.165) is 0 Å². The van der Waals surface area contributed by atoms with E-state index in [9.17, 15) is 0 Å². The highest BCUT2D eigenvalue weighted by atomic mass is 17.1. The van der Waals surface area contributed by atoms with E-state index in [4.69, 9.17) is 21.3 Å². The lowest BCUT2D eigenvalue weighted by atomic mass is 10.3. The van der Waals surface area contributed by atoms with Crippen LogP contribution in [0.15, 0.2) is 0 Å². The summed E-state index contributed by atoms with van der Waals surface area (Å²) in [6.45, 7) is 0. The maximum absolute atomic E-state index is 7.82. The third-order valence-electron chi connectivity index (χ3n) is 0.800. The zero-order chi connectivity index (χ0) is 7.98. The molecule has 0 rings (SSSR count). The molecule has 0 aromatic rings. The van der Waals surface area contributed by atoms with E-state index in [-0.39, 0.29) is 24.6 Å². The van der Waals surface area contributed by atoms with Crippen LogP contribution >= 0.6 is 0 Å². The molecule has 0 aliphatic heterocycles. The Labute approximate surface area is 56.9 Å². The van der Waals surface area contributed by atoms with Crippen LogP contribution in [-0.2, 0) is 9.78 Å². The lowest BCUT2D eigenvalue weighted by molar-refractivity contribution is -0.162. The normalized spacial score (nSPS) is 8.60. The molecule has 6 nitrogen and oxygen atoms in total. The van der Waals surface area contributed by atoms with Crippen LogP contribution in [0, 0.1) is 10.8 Å². The smallest absolute Gasteiger partial charge is 0.225 e. The largest absolute Gasteiger partial charge is 0.325 e. The summed E-state index contributed by atoms with van der Waals surface area (Å²) in [6.07, 6.45) is 0.0474. The predicted molar refractivity (Wildman–Crippen MR) is 32.1 cm³/mol. The summed E-state index contributed by atoms with van der Waals surface area (Å²) in [5.74, 6) is -0.747. The van der Waals surface area contributed by atoms with Crippen molar-refractivity contribution >= 4 is 11.8 Å². The Balaban J connectivity index is 3.35. The SMILES string of the molecule is N=C(CCC(=N)OO)OO. The third kappa shape index (κ3) is 3.81. The molecule has 0 aromatic heterocycles. The highest BCUT2D eigenvalue weighted by Crippen LogP contribution is 1.93. The van der Waals surface area contributed by atoms with Gasteiger partial charge in [0.15, 0.2) is 0 Å². The first-order chi connectivity index (χ1) is 4.70. The second kappa shape index (κ2) is 4.71. The molecule has 0 radical (unpaired) electrons. The van der Waals surface area contributed by atoms with Crippen LogP contribution in [0.1, 0.15) is 12.8 Å². The van der Waals surface area contributed by atoms with Gasteiger partial charge in [-0.15, -0.1) is 0 Å². The molecule has 0 saturated carbocycles. The first-order valence-electron chi connectivity index (χ1n) is 2.48. The van der Waals surface area contributed by atoms with E-state index in [1.807, 2.05) is 0 Å². The number of nitrogens with one attached hydrogen (secondary N) is 2. The van der Waals surface area contributed by atoms with Crippen LogP contribution in [0.5, 0.6) is 0 Å². The maximum atomic E-state index is 7.82. The van der Waals surface area contributed by atoms with Gasteiger partial charge in [-0.2, -0.15) is 0 Å². The highest BCUT2D eigenvalue weighted by molar-refractivity contribution is 5.79. The summed E-state index contributed by atoms with van der Waals surface area (Å²) >= 11 is 0. The van der Waals surface area contributed by atoms with Crippen LogP contribution in [0.4, 0.5) is 0 Å². The van der Waals surface area contributed by atoms with Crippen LogP contribution in [0.25, 0.3) is 0 Å². The minimum absolute atomic E-state index is 0.0237. The van der Waals surface area contributed by atoms with Crippen LogP contribution in [0.3, 0.4) is 0 Å². The molecule has 0 unspecified atom stereocenters. The second-order valence-electron chi connectivity index (χ2n) is 1.53. The van der Waals surface area contributed by atoms with Crippen molar-refractivity contribution in [2.24, 2.45) is 0 Å². The molecular formula is C4H8N2O4. The molecule has 0 bridgehead atoms. The molecule has 6 heteroatoms. The standard InChI is InChI=1S/C4H8N2O4/c5-3(9-7)1-2-4(6)10-8/h5-8H,1-2H2. The number of hydrogen-bond acceptors (Lipinski definition) is 6. The molecule has 0 amide bonds. The van der Waals surface area contributed by atoms with E-state index in [1.165, 1.54) is 0 Å². The van der Waals surface area contributed by atoms with Crippen molar-refractivity contribution in [2.45, 2.75) is 12.8 Å². The van der Waals surface area contributed by atoms with E-state index in [2.05, 4.69) is 9.78 Å². The molecule has 0 fully saturated rings. The summed E-state index contributed by atoms with van der Waals surface area (Å²) < 4.78 is 0. The van der Waals surface area contributed by atoms with Crippen molar-refractivity contribution in [1.29, 1.82) is 10.8 Å². The minimum atomic E-state index is -0.373. The molecular weight excluding hydrogens is 140 g/mol. The molecule has 0 saturated heterocycles. The first kappa shape index (κ1) is 8.86. The van der Waals surface area contributed by atoms with Crippen molar-refractivity contribution in [3.05, 3.63) is 0 Å². The molecule has 0 heterocycles. The summed E-state index contributed by atoms with van der Waals surface area (Å²) in [7, 11) is 0. The van der Waals surface area contributed by atoms with Gasteiger partial charge in [0.05, 0.1) is 0 Å². The highest BCUT2D eigenvalue weighted by Gasteiger charge is 2.01. The van der Waals surface area contributed by atoms with Crippen molar-refractivity contribution in [2.75, 3.05) is 0 Å². The molecule has 0 aliphatic carbocycles. The molecule has 0 atom stereocenters. The van der Waals surface area contributed by atoms with Gasteiger partial charge in [-0.1, -0.05) is 0 Å². The van der Waals surface area contributed by atoms with Gasteiger partial charge >= 0.3 is 0 Å². The van der Waals surface area contributed by atoms with Crippen LogP contribution in [-0.4, -0.2) is 22.3 Å². The fraction of sp³-hybridized carbons (Fsp3) is 0.500. The van der Waals surface area contributed by atoms with E-state index < -0.39 is 0 Å². The fourth-order valence-electron chi connectivity index (χ4n) is 0.318. The number of rotatable bonds is 3. The van der Waals surface area contributed by atoms with Gasteiger partial charge in [-0.25, -0.2) is 10.5 Å². The van der Waals surface area contributed by atoms with Crippen LogP contribution in [0.2, 0.25) is 0 Å². The topological polar surface area (TPSA) is 107 Å². The van der Waals surface area contributed by atoms with E-state index in [0.29, 0.717) is 0 Å². The Bertz CT molecular complexity index is 119. The summed E-state index contributed by atoms with van der Waals surface area (Å²) in [4.78, 5) is 6.99. The van der Waals surface area contributed by atoms with Crippen molar-refractivity contribution < 1.29 is 20.3 Å². The lowest BCUT2D eigenvalue weighted by Crippen LogP contribution is -2.05. The van der Waals surface area contributed by atoms with Gasteiger partial charge in [0.1, 0.15) is 0 Å². The maximum Gasteiger partial charge on any atom is 0.225 e. The Morgan fingerprint density at radius 2 is 1.30 bits per heavy atom. The molecule has 0 aliphatic rings. The zero-order valence-electron chi connectivity index (χ0n) is 5.13. The van der Waals surface area contributed by atoms with Gasteiger partial charge in [0.2, 0.25) is 11.8 Å². The average molecular weight is 148 g/mol. The predicted octanol–water partition coefficient (Wildman–Crippen LogP) is 0.700. The Hall–Kier alpha value is -1.14. The average Bonchev–Trinajstić information content (AvgIpc) is 1.99. The van der Waals surface area contributed by atoms with E-state index in [1.54, 1.807) is 0 Å². The van der Waals surface area contributed by atoms with Gasteiger partial charge in [-0.05, 0) is 0 Å². The molecule has 58 valence electrons. The summed E-state index contributed by atoms with van der Waals surface area (Å²) in [5.41, 5.74) is 0. The van der Waals surface area contributed by atoms with Crippen molar-refractivity contribution in [3.8, 4) is 0 Å². The third-order valence-corrected chi connectivity index (χ3v) is 0.800. The van der Waals surface area contributed by atoms with E-state index >= 15 is 0 Å². The molecule has 0 aromatic carbocycles. The van der Waals surface area contributed by atoms with Gasteiger partial charge < -0.3 is 9.78 Å². The Morgan fingerprint density at radius 3 is 1.50 bits per heavy atom. The van der Waals surface area contributed by atoms with Gasteiger partial charge in [0.25, 0.3) is 0 Å². The lowest BCUT2D eigenvalue weighted by Gasteiger charge is -1.98. The minimum Gasteiger partial charge on any atom is -0.325 e. The Morgan fingerprint density at radius 1 is 1.00 bits per heavy atom. The summed E-state index contributed by atoms with van der Waals surface area (Å²) in [6, 6.07) is 0. The number of hydrogen-bond donors (Lipinski definition) is 4. The second-order valence-corrected chi connectivity index (χ2v) is 1.53. The quantitative estimate of drug-likeness (QED) is 0.204. The Kier molecular flexibility index (Phi) is 4.17. The summed E-state index contributed by atoms with van der Waals surface area (Å²) in [5, 5.41) is 29.0. The molecule has 4 N–H and O–H groups in total. The van der Waals surface area contributed by atoms with Crippen molar-refractivity contribution in [1.82, 2.24) is 0 Å². The molecule has 10 heavy (non-hydrogen) atoms. The first-order valence-corrected chi connectivity index (χ1v) is 2.48. The fourth-order valence-corrected chi connectivity index (χ4v) is 0.318. The monoisotopic (exact) mass is 148 g/mol. The van der Waals surface area contributed by atoms with Crippen LogP contribution < -0.4 is 0 Å².